The third-order valence-corrected chi connectivity index (χ3v) is 4.36. The van der Waals surface area contributed by atoms with Gasteiger partial charge in [-0.1, -0.05) is 18.2 Å². The average Bonchev–Trinajstić information content (AvgIpc) is 2.74. The lowest BCUT2D eigenvalue weighted by molar-refractivity contribution is -0.120. The Balaban J connectivity index is 1.74. The van der Waals surface area contributed by atoms with Crippen LogP contribution in [-0.4, -0.2) is 11.8 Å². The second-order valence-electron chi connectivity index (χ2n) is 4.61. The van der Waals surface area contributed by atoms with Gasteiger partial charge in [0.2, 0.25) is 0 Å². The van der Waals surface area contributed by atoms with Gasteiger partial charge >= 0.3 is 0 Å². The van der Waals surface area contributed by atoms with E-state index < -0.39 is 0 Å². The first-order valence-electron chi connectivity index (χ1n) is 6.08. The molecule has 1 N–H and O–H groups in total. The summed E-state index contributed by atoms with van der Waals surface area (Å²) in [7, 11) is 0. The van der Waals surface area contributed by atoms with Gasteiger partial charge in [-0.3, -0.25) is 4.79 Å². The van der Waals surface area contributed by atoms with Crippen LogP contribution in [0.4, 0.5) is 5.00 Å². The highest BCUT2D eigenvalue weighted by atomic mass is 32.1. The number of rotatable bonds is 2. The molecule has 0 saturated heterocycles. The molecule has 0 radical (unpaired) electrons. The molecule has 2 aromatic rings. The lowest BCUT2D eigenvalue weighted by Gasteiger charge is -2.22. The largest absolute Gasteiger partial charge is 0.374 e. The Morgan fingerprint density at radius 1 is 1.18 bits per heavy atom. The van der Waals surface area contributed by atoms with E-state index in [0.717, 1.165) is 25.7 Å². The highest BCUT2D eigenvalue weighted by molar-refractivity contribution is 7.22. The molecule has 2 nitrogen and oxygen atoms in total. The highest BCUT2D eigenvalue weighted by Gasteiger charge is 2.18. The van der Waals surface area contributed by atoms with Crippen LogP contribution in [0.2, 0.25) is 0 Å². The quantitative estimate of drug-likeness (QED) is 0.871. The summed E-state index contributed by atoms with van der Waals surface area (Å²) in [6.07, 6.45) is 3.44. The molecule has 1 fully saturated rings. The van der Waals surface area contributed by atoms with Crippen LogP contribution in [0.3, 0.4) is 0 Å². The van der Waals surface area contributed by atoms with E-state index in [2.05, 4.69) is 35.6 Å². The van der Waals surface area contributed by atoms with Gasteiger partial charge in [-0.15, -0.1) is 11.3 Å². The molecule has 1 aliphatic rings. The molecule has 17 heavy (non-hydrogen) atoms. The second-order valence-corrected chi connectivity index (χ2v) is 5.69. The third kappa shape index (κ3) is 2.34. The van der Waals surface area contributed by atoms with Gasteiger partial charge in [-0.2, -0.15) is 0 Å². The van der Waals surface area contributed by atoms with Crippen molar-refractivity contribution in [2.45, 2.75) is 31.7 Å². The van der Waals surface area contributed by atoms with Gasteiger partial charge in [-0.05, 0) is 30.4 Å². The summed E-state index contributed by atoms with van der Waals surface area (Å²) in [6.45, 7) is 0. The summed E-state index contributed by atoms with van der Waals surface area (Å²) in [5, 5.41) is 6.08. The number of hydrogen-bond donors (Lipinski definition) is 1. The normalized spacial score (nSPS) is 17.5. The van der Waals surface area contributed by atoms with Gasteiger partial charge < -0.3 is 5.32 Å². The van der Waals surface area contributed by atoms with Crippen LogP contribution >= 0.6 is 11.3 Å². The maximum Gasteiger partial charge on any atom is 0.133 e. The first-order valence-corrected chi connectivity index (χ1v) is 6.90. The SMILES string of the molecule is O=C1CCC(Nc2cc3ccccc3s2)CC1. The Kier molecular flexibility index (Phi) is 2.85. The molecule has 1 aromatic heterocycles. The number of ketones is 1. The molecule has 0 bridgehead atoms. The second kappa shape index (κ2) is 4.49. The highest BCUT2D eigenvalue weighted by Crippen LogP contribution is 2.31. The molecule has 1 aliphatic carbocycles. The van der Waals surface area contributed by atoms with E-state index in [0.29, 0.717) is 11.8 Å². The van der Waals surface area contributed by atoms with Crippen molar-refractivity contribution in [3.05, 3.63) is 30.3 Å². The van der Waals surface area contributed by atoms with Crippen LogP contribution in [0.5, 0.6) is 0 Å². The molecule has 88 valence electrons. The van der Waals surface area contributed by atoms with Crippen LogP contribution in [-0.2, 0) is 4.79 Å². The fourth-order valence-corrected chi connectivity index (χ4v) is 3.38. The van der Waals surface area contributed by atoms with Gasteiger partial charge in [0.15, 0.2) is 0 Å². The van der Waals surface area contributed by atoms with Gasteiger partial charge in [0.25, 0.3) is 0 Å². The number of carbonyl (C=O) groups excluding carboxylic acids is 1. The van der Waals surface area contributed by atoms with Gasteiger partial charge in [0.1, 0.15) is 5.78 Å². The number of hydrogen-bond acceptors (Lipinski definition) is 3. The Hall–Kier alpha value is -1.35. The van der Waals surface area contributed by atoms with Gasteiger partial charge in [0.05, 0.1) is 5.00 Å². The summed E-state index contributed by atoms with van der Waals surface area (Å²) >= 11 is 1.80. The van der Waals surface area contributed by atoms with E-state index in [-0.39, 0.29) is 0 Å². The summed E-state index contributed by atoms with van der Waals surface area (Å²) < 4.78 is 1.32. The van der Waals surface area contributed by atoms with Crippen LogP contribution in [0.25, 0.3) is 10.1 Å². The van der Waals surface area contributed by atoms with Crippen molar-refractivity contribution < 1.29 is 4.79 Å². The molecular weight excluding hydrogens is 230 g/mol. The topological polar surface area (TPSA) is 29.1 Å². The molecule has 1 heterocycles. The number of carbonyl (C=O) groups is 1. The van der Waals surface area contributed by atoms with Crippen LogP contribution < -0.4 is 5.32 Å². The van der Waals surface area contributed by atoms with Crippen molar-refractivity contribution in [1.29, 1.82) is 0 Å². The molecule has 3 heteroatoms. The van der Waals surface area contributed by atoms with E-state index in [1.165, 1.54) is 15.1 Å². The zero-order valence-corrected chi connectivity index (χ0v) is 10.4. The number of fused-ring (bicyclic) bond motifs is 1. The summed E-state index contributed by atoms with van der Waals surface area (Å²) in [4.78, 5) is 11.2. The van der Waals surface area contributed by atoms with Crippen molar-refractivity contribution in [2.24, 2.45) is 0 Å². The van der Waals surface area contributed by atoms with Crippen molar-refractivity contribution in [1.82, 2.24) is 0 Å². The van der Waals surface area contributed by atoms with Crippen LogP contribution in [0, 0.1) is 0 Å². The number of thiophene rings is 1. The number of Topliss-reactive ketones (excluding diaryl/α,β-unsaturated/α-hetero) is 1. The summed E-state index contributed by atoms with van der Waals surface area (Å²) in [6, 6.07) is 11.1. The van der Waals surface area contributed by atoms with Crippen LogP contribution in [0.15, 0.2) is 30.3 Å². The van der Waals surface area contributed by atoms with E-state index >= 15 is 0 Å². The molecule has 0 atom stereocenters. The number of benzene rings is 1. The minimum Gasteiger partial charge on any atom is -0.374 e. The lowest BCUT2D eigenvalue weighted by Crippen LogP contribution is -2.25. The standard InChI is InChI=1S/C14H15NOS/c16-12-7-5-11(6-8-12)15-14-9-10-3-1-2-4-13(10)17-14/h1-4,9,11,15H,5-8H2. The smallest absolute Gasteiger partial charge is 0.133 e. The Morgan fingerprint density at radius 2 is 1.94 bits per heavy atom. The van der Waals surface area contributed by atoms with Crippen molar-refractivity contribution in [3.63, 3.8) is 0 Å². The van der Waals surface area contributed by atoms with Crippen LogP contribution in [0.1, 0.15) is 25.7 Å². The van der Waals surface area contributed by atoms with Crippen molar-refractivity contribution in [3.8, 4) is 0 Å². The van der Waals surface area contributed by atoms with E-state index in [1.807, 2.05) is 0 Å². The van der Waals surface area contributed by atoms with Gasteiger partial charge in [0, 0.05) is 23.6 Å². The number of anilines is 1. The minimum absolute atomic E-state index is 0.416. The summed E-state index contributed by atoms with van der Waals surface area (Å²) in [5.41, 5.74) is 0. The molecule has 0 unspecified atom stereocenters. The van der Waals surface area contributed by atoms with Crippen molar-refractivity contribution >= 4 is 32.2 Å². The average molecular weight is 245 g/mol. The molecule has 0 amide bonds. The Labute approximate surface area is 105 Å². The Morgan fingerprint density at radius 3 is 2.71 bits per heavy atom. The Bertz CT molecular complexity index is 503. The minimum atomic E-state index is 0.416. The third-order valence-electron chi connectivity index (χ3n) is 3.32. The first-order chi connectivity index (χ1) is 8.31. The summed E-state index contributed by atoms with van der Waals surface area (Å²) in [5.74, 6) is 0.416. The molecule has 1 aromatic carbocycles. The molecular formula is C14H15NOS. The maximum atomic E-state index is 11.2. The predicted molar refractivity (Wildman–Crippen MR) is 72.7 cm³/mol. The maximum absolute atomic E-state index is 11.2. The molecule has 0 spiro atoms. The molecule has 1 saturated carbocycles. The first kappa shape index (κ1) is 10.8. The fourth-order valence-electron chi connectivity index (χ4n) is 2.34. The van der Waals surface area contributed by atoms with E-state index in [4.69, 9.17) is 0 Å². The molecule has 0 aliphatic heterocycles. The zero-order chi connectivity index (χ0) is 11.7. The fraction of sp³-hybridized carbons (Fsp3) is 0.357. The number of nitrogens with one attached hydrogen (secondary N) is 1. The zero-order valence-electron chi connectivity index (χ0n) is 9.61. The van der Waals surface area contributed by atoms with E-state index in [9.17, 15) is 4.79 Å². The van der Waals surface area contributed by atoms with Crippen molar-refractivity contribution in [2.75, 3.05) is 5.32 Å². The van der Waals surface area contributed by atoms with E-state index in [1.54, 1.807) is 11.3 Å². The predicted octanol–water partition coefficient (Wildman–Crippen LogP) is 3.82. The van der Waals surface area contributed by atoms with Gasteiger partial charge in [-0.25, -0.2) is 0 Å². The molecule has 3 rings (SSSR count). The monoisotopic (exact) mass is 245 g/mol. The lowest BCUT2D eigenvalue weighted by atomic mass is 9.94.